The molecule has 20 heteroatoms. The number of Topliss-reactive ketones (excluding diaryl/α,β-unsaturated/α-hetero) is 2. The number of aromatic nitrogens is 3. The van der Waals surface area contributed by atoms with Crippen molar-refractivity contribution >= 4 is 84.7 Å². The number of benzene rings is 6. The molecule has 0 bridgehead atoms. The summed E-state index contributed by atoms with van der Waals surface area (Å²) in [7, 11) is 0. The van der Waals surface area contributed by atoms with Crippen LogP contribution in [0.1, 0.15) is 71.1 Å². The Morgan fingerprint density at radius 2 is 0.901 bits per heavy atom. The first-order valence-corrected chi connectivity index (χ1v) is 26.4. The zero-order valence-corrected chi connectivity index (χ0v) is 44.3. The summed E-state index contributed by atoms with van der Waals surface area (Å²) in [6.07, 6.45) is 6.97. The van der Waals surface area contributed by atoms with Crippen molar-refractivity contribution in [2.45, 2.75) is 37.4 Å². The van der Waals surface area contributed by atoms with Crippen molar-refractivity contribution in [3.8, 4) is 0 Å². The SMILES string of the molecule is Fc1cccc2[nH]ccc12.O=C(Cl)C(=O)c1c[nH]c2cccc(F)c12.O=C(NC1CCN(C(=O)C(=O)c2c[nH]c3cccc(F)c23)C1)c1ccccc1.O=C(NC1CCNC1)c1ccccc1.O=C(NC1CCNC1)c1ccccc1. The molecule has 6 aromatic carbocycles. The molecule has 0 aliphatic carbocycles. The van der Waals surface area contributed by atoms with Crippen LogP contribution >= 0.6 is 11.6 Å². The van der Waals surface area contributed by atoms with Crippen molar-refractivity contribution in [2.75, 3.05) is 39.3 Å². The quantitative estimate of drug-likeness (QED) is 0.0372. The first kappa shape index (κ1) is 58.0. The average molecular weight is 1120 g/mol. The molecular formula is C61H57ClF3N9O7. The van der Waals surface area contributed by atoms with E-state index in [2.05, 4.69) is 41.5 Å². The molecule has 9 aromatic rings. The molecule has 4 amide bonds. The van der Waals surface area contributed by atoms with Crippen molar-refractivity contribution in [1.82, 2.24) is 46.4 Å². The number of rotatable bonds is 10. The van der Waals surface area contributed by atoms with E-state index in [0.717, 1.165) is 55.7 Å². The number of likely N-dealkylation sites (tertiary alicyclic amines) is 1. The first-order chi connectivity index (χ1) is 39.2. The molecule has 0 saturated carbocycles. The van der Waals surface area contributed by atoms with Gasteiger partial charge in [0.2, 0.25) is 5.78 Å². The monoisotopic (exact) mass is 1120 g/mol. The van der Waals surface area contributed by atoms with Crippen LogP contribution in [-0.2, 0) is 9.59 Å². The third-order valence-electron chi connectivity index (χ3n) is 13.4. The minimum absolute atomic E-state index is 0.0230. The Kier molecular flexibility index (Phi) is 20.1. The van der Waals surface area contributed by atoms with Crippen LogP contribution in [0.3, 0.4) is 0 Å². The maximum atomic E-state index is 14.1. The molecular weight excluding hydrogens is 1060 g/mol. The second-order valence-electron chi connectivity index (χ2n) is 19.0. The smallest absolute Gasteiger partial charge is 0.295 e. The van der Waals surface area contributed by atoms with E-state index >= 15 is 0 Å². The van der Waals surface area contributed by atoms with Gasteiger partial charge in [-0.1, -0.05) is 72.8 Å². The second kappa shape index (κ2) is 28.1. The number of halogens is 4. The molecule has 0 spiro atoms. The summed E-state index contributed by atoms with van der Waals surface area (Å²) < 4.78 is 40.3. The van der Waals surface area contributed by atoms with E-state index in [4.69, 9.17) is 11.6 Å². The molecule has 16 nitrogen and oxygen atoms in total. The normalized spacial score (nSPS) is 16.0. The molecule has 12 rings (SSSR count). The van der Waals surface area contributed by atoms with E-state index in [-0.39, 0.29) is 58.0 Å². The molecule has 3 atom stereocenters. The van der Waals surface area contributed by atoms with Gasteiger partial charge < -0.3 is 46.4 Å². The van der Waals surface area contributed by atoms with E-state index < -0.39 is 34.4 Å². The molecule has 416 valence electrons. The number of H-pyrrole nitrogens is 3. The lowest BCUT2D eigenvalue weighted by molar-refractivity contribution is -0.125. The molecule has 6 heterocycles. The predicted octanol–water partition coefficient (Wildman–Crippen LogP) is 8.64. The standard InChI is InChI=1S/C21H18FN3O3.2C11H14N2O.C10H5ClFNO2.C8H6FN/c22-16-7-4-8-17-18(16)15(11-23-17)19(26)21(28)25-10-9-14(12-25)24-20(27)13-5-2-1-3-6-13;2*14-11(9-4-2-1-3-5-9)13-10-6-7-12-8-10;11-10(15)9(14)5-4-13-7-3-1-2-6(12)8(5)7;9-7-2-1-3-8-6(7)4-5-10-8/h1-8,11,14,23H,9-10,12H2,(H,24,27);2*1-5,10,12H,6-8H2,(H,13,14);1-4,13H;1-5,10H. The summed E-state index contributed by atoms with van der Waals surface area (Å²) >= 11 is 5.05. The van der Waals surface area contributed by atoms with Gasteiger partial charge in [0.1, 0.15) is 17.5 Å². The summed E-state index contributed by atoms with van der Waals surface area (Å²) in [5.74, 6) is -3.80. The summed E-state index contributed by atoms with van der Waals surface area (Å²) in [6.45, 7) is 4.37. The second-order valence-corrected chi connectivity index (χ2v) is 19.3. The van der Waals surface area contributed by atoms with Gasteiger partial charge in [-0.15, -0.1) is 0 Å². The highest BCUT2D eigenvalue weighted by atomic mass is 35.5. The minimum atomic E-state index is -1.13. The van der Waals surface area contributed by atoms with Gasteiger partial charge in [-0.2, -0.15) is 0 Å². The average Bonchev–Trinajstić information content (AvgIpc) is 4.58. The summed E-state index contributed by atoms with van der Waals surface area (Å²) in [4.78, 5) is 92.7. The number of hydrogen-bond donors (Lipinski definition) is 8. The third kappa shape index (κ3) is 15.4. The van der Waals surface area contributed by atoms with E-state index in [9.17, 15) is 46.7 Å². The molecule has 3 aliphatic heterocycles. The van der Waals surface area contributed by atoms with Crippen molar-refractivity contribution in [3.63, 3.8) is 0 Å². The minimum Gasteiger partial charge on any atom is -0.361 e. The highest BCUT2D eigenvalue weighted by Gasteiger charge is 2.33. The Balaban J connectivity index is 0.000000140. The van der Waals surface area contributed by atoms with Crippen molar-refractivity contribution < 1.29 is 46.7 Å². The maximum Gasteiger partial charge on any atom is 0.295 e. The molecule has 8 N–H and O–H groups in total. The fourth-order valence-electron chi connectivity index (χ4n) is 9.24. The lowest BCUT2D eigenvalue weighted by Gasteiger charge is -2.16. The van der Waals surface area contributed by atoms with Gasteiger partial charge in [0.15, 0.2) is 0 Å². The van der Waals surface area contributed by atoms with Crippen LogP contribution in [0.15, 0.2) is 170 Å². The largest absolute Gasteiger partial charge is 0.361 e. The number of carbonyl (C=O) groups excluding carboxylic acids is 7. The van der Waals surface area contributed by atoms with E-state index in [0.29, 0.717) is 47.0 Å². The summed E-state index contributed by atoms with van der Waals surface area (Å²) in [5, 5.41) is 15.0. The number of nitrogens with zero attached hydrogens (tertiary/aromatic N) is 1. The molecule has 3 saturated heterocycles. The third-order valence-corrected chi connectivity index (χ3v) is 13.6. The van der Waals surface area contributed by atoms with Gasteiger partial charge in [0.05, 0.1) is 11.1 Å². The van der Waals surface area contributed by atoms with Gasteiger partial charge in [-0.25, -0.2) is 13.2 Å². The molecule has 0 radical (unpaired) electrons. The molecule has 81 heavy (non-hydrogen) atoms. The number of amides is 4. The number of aromatic amines is 3. The fourth-order valence-corrected chi connectivity index (χ4v) is 9.35. The molecule has 3 aromatic heterocycles. The zero-order valence-electron chi connectivity index (χ0n) is 43.6. The number of carbonyl (C=O) groups is 7. The topological polar surface area (TPSA) is 230 Å². The lowest BCUT2D eigenvalue weighted by Crippen LogP contribution is -2.40. The molecule has 3 fully saturated rings. The highest BCUT2D eigenvalue weighted by Crippen LogP contribution is 2.25. The van der Waals surface area contributed by atoms with Crippen LogP contribution in [0, 0.1) is 17.5 Å². The van der Waals surface area contributed by atoms with Crippen LogP contribution in [0.4, 0.5) is 13.2 Å². The predicted molar refractivity (Wildman–Crippen MR) is 304 cm³/mol. The van der Waals surface area contributed by atoms with Crippen LogP contribution in [0.25, 0.3) is 32.7 Å². The number of fused-ring (bicyclic) bond motifs is 3. The van der Waals surface area contributed by atoms with Gasteiger partial charge >= 0.3 is 0 Å². The van der Waals surface area contributed by atoms with Crippen molar-refractivity contribution in [1.29, 1.82) is 0 Å². The Labute approximate surface area is 468 Å². The maximum absolute atomic E-state index is 14.1. The first-order valence-electron chi connectivity index (χ1n) is 26.1. The van der Waals surface area contributed by atoms with Crippen LogP contribution in [0.5, 0.6) is 0 Å². The van der Waals surface area contributed by atoms with Crippen LogP contribution < -0.4 is 26.6 Å². The number of hydrogen-bond acceptors (Lipinski definition) is 9. The number of nitrogens with one attached hydrogen (secondary N) is 8. The van der Waals surface area contributed by atoms with Gasteiger partial charge in [0, 0.05) is 112 Å². The van der Waals surface area contributed by atoms with Gasteiger partial charge in [-0.3, -0.25) is 33.6 Å². The van der Waals surface area contributed by atoms with Crippen LogP contribution in [-0.4, -0.2) is 118 Å². The molecule has 3 aliphatic rings. The van der Waals surface area contributed by atoms with Crippen molar-refractivity contribution in [2.24, 2.45) is 0 Å². The number of ketones is 2. The van der Waals surface area contributed by atoms with Gasteiger partial charge in [-0.05, 0) is 123 Å². The fraction of sp³-hybridized carbons (Fsp3) is 0.197. The van der Waals surface area contributed by atoms with E-state index in [1.807, 2.05) is 72.8 Å². The van der Waals surface area contributed by atoms with Crippen LogP contribution in [0.2, 0.25) is 0 Å². The van der Waals surface area contributed by atoms with Gasteiger partial charge in [0.25, 0.3) is 34.7 Å². The Morgan fingerprint density at radius 1 is 0.469 bits per heavy atom. The lowest BCUT2D eigenvalue weighted by atomic mass is 10.1. The van der Waals surface area contributed by atoms with Crippen molar-refractivity contribution in [3.05, 3.63) is 216 Å². The molecule has 3 unspecified atom stereocenters. The van der Waals surface area contributed by atoms with E-state index in [1.54, 1.807) is 54.7 Å². The Bertz CT molecular complexity index is 3570. The Morgan fingerprint density at radius 3 is 1.33 bits per heavy atom. The van der Waals surface area contributed by atoms with E-state index in [1.165, 1.54) is 47.6 Å². The summed E-state index contributed by atoms with van der Waals surface area (Å²) in [6, 6.07) is 43.3. The highest BCUT2D eigenvalue weighted by molar-refractivity contribution is 6.83. The summed E-state index contributed by atoms with van der Waals surface area (Å²) in [5.41, 5.74) is 3.76. The Hall–Kier alpha value is -9.17. The zero-order chi connectivity index (χ0) is 57.3.